The molecule has 0 aromatic heterocycles. The summed E-state index contributed by atoms with van der Waals surface area (Å²) in [4.78, 5) is 32.9. The minimum atomic E-state index is -0.603. The highest BCUT2D eigenvalue weighted by molar-refractivity contribution is 5.84. The molecule has 10 heteroatoms. The molecular formula is C19H20N4O6. The van der Waals surface area contributed by atoms with Crippen molar-refractivity contribution in [1.82, 2.24) is 5.43 Å². The number of hydrogen-bond donors (Lipinski definition) is 2. The lowest BCUT2D eigenvalue weighted by molar-refractivity contribution is -0.384. The molecule has 29 heavy (non-hydrogen) atoms. The van der Waals surface area contributed by atoms with E-state index in [2.05, 4.69) is 10.5 Å². The van der Waals surface area contributed by atoms with Gasteiger partial charge in [-0.2, -0.15) is 5.10 Å². The Morgan fingerprint density at radius 1 is 1.17 bits per heavy atom. The molecular weight excluding hydrogens is 380 g/mol. The van der Waals surface area contributed by atoms with Crippen LogP contribution < -0.4 is 20.6 Å². The Labute approximate surface area is 166 Å². The zero-order valence-corrected chi connectivity index (χ0v) is 15.7. The second-order valence-electron chi connectivity index (χ2n) is 5.79. The van der Waals surface area contributed by atoms with E-state index in [0.29, 0.717) is 29.2 Å². The van der Waals surface area contributed by atoms with Crippen LogP contribution in [0.5, 0.6) is 11.5 Å². The molecule has 0 aliphatic carbocycles. The number of amides is 2. The number of nitrogens with zero attached hydrogens (tertiary/aromatic N) is 2. The minimum Gasteiger partial charge on any atom is -0.490 e. The van der Waals surface area contributed by atoms with Crippen molar-refractivity contribution in [2.24, 2.45) is 10.8 Å². The predicted octanol–water partition coefficient (Wildman–Crippen LogP) is 1.55. The van der Waals surface area contributed by atoms with Gasteiger partial charge in [-0.1, -0.05) is 12.1 Å². The maximum atomic E-state index is 11.9. The number of nitrogens with two attached hydrogens (primary N) is 1. The quantitative estimate of drug-likeness (QED) is 0.351. The summed E-state index contributed by atoms with van der Waals surface area (Å²) in [6.45, 7) is 1.92. The molecule has 0 aliphatic rings. The summed E-state index contributed by atoms with van der Waals surface area (Å²) in [6, 6.07) is 10.6. The third kappa shape index (κ3) is 6.94. The van der Waals surface area contributed by atoms with E-state index >= 15 is 0 Å². The summed E-state index contributed by atoms with van der Waals surface area (Å²) in [7, 11) is 0. The lowest BCUT2D eigenvalue weighted by Crippen LogP contribution is -2.20. The molecule has 0 atom stereocenters. The molecule has 152 valence electrons. The van der Waals surface area contributed by atoms with Crippen LogP contribution in [-0.2, 0) is 16.0 Å². The fraction of sp³-hybridized carbons (Fsp3) is 0.211. The van der Waals surface area contributed by atoms with E-state index in [1.807, 2.05) is 0 Å². The Hall–Kier alpha value is -3.95. The fourth-order valence-electron chi connectivity index (χ4n) is 2.28. The second kappa shape index (κ2) is 10.4. The smallest absolute Gasteiger partial charge is 0.269 e. The number of hydrogen-bond acceptors (Lipinski definition) is 7. The maximum Gasteiger partial charge on any atom is 0.269 e. The number of nitro groups is 1. The van der Waals surface area contributed by atoms with Gasteiger partial charge in [0.1, 0.15) is 0 Å². The molecule has 0 bridgehead atoms. The van der Waals surface area contributed by atoms with Crippen LogP contribution in [0.3, 0.4) is 0 Å². The number of primary amides is 1. The number of ether oxygens (including phenoxy) is 2. The number of nitro benzene ring substituents is 1. The monoisotopic (exact) mass is 400 g/mol. The van der Waals surface area contributed by atoms with Gasteiger partial charge >= 0.3 is 0 Å². The predicted molar refractivity (Wildman–Crippen MR) is 105 cm³/mol. The van der Waals surface area contributed by atoms with Crippen LogP contribution in [0.4, 0.5) is 5.69 Å². The number of hydrazone groups is 1. The number of benzene rings is 2. The third-order valence-electron chi connectivity index (χ3n) is 3.55. The number of rotatable bonds is 10. The molecule has 2 amide bonds. The first-order chi connectivity index (χ1) is 13.9. The molecule has 10 nitrogen and oxygen atoms in total. The van der Waals surface area contributed by atoms with Crippen molar-refractivity contribution < 1.29 is 24.0 Å². The van der Waals surface area contributed by atoms with Gasteiger partial charge < -0.3 is 15.2 Å². The summed E-state index contributed by atoms with van der Waals surface area (Å²) in [5, 5.41) is 14.5. The largest absolute Gasteiger partial charge is 0.490 e. The van der Waals surface area contributed by atoms with Crippen LogP contribution >= 0.6 is 0 Å². The normalized spacial score (nSPS) is 10.5. The zero-order valence-electron chi connectivity index (χ0n) is 15.7. The molecule has 3 N–H and O–H groups in total. The first-order valence-corrected chi connectivity index (χ1v) is 8.62. The lowest BCUT2D eigenvalue weighted by atomic mass is 10.1. The minimum absolute atomic E-state index is 0.0272. The van der Waals surface area contributed by atoms with Crippen LogP contribution in [0.15, 0.2) is 47.6 Å². The second-order valence-corrected chi connectivity index (χ2v) is 5.79. The molecule has 2 aromatic carbocycles. The van der Waals surface area contributed by atoms with Gasteiger partial charge in [-0.05, 0) is 36.2 Å². The highest BCUT2D eigenvalue weighted by atomic mass is 16.6. The molecule has 0 aliphatic heterocycles. The Kier molecular flexibility index (Phi) is 7.66. The average Bonchev–Trinajstić information content (AvgIpc) is 2.68. The number of carbonyl (C=O) groups excluding carboxylic acids is 2. The Morgan fingerprint density at radius 2 is 1.90 bits per heavy atom. The fourth-order valence-corrected chi connectivity index (χ4v) is 2.28. The number of non-ortho nitro benzene ring substituents is 1. The van der Waals surface area contributed by atoms with Gasteiger partial charge in [0.2, 0.25) is 5.91 Å². The van der Waals surface area contributed by atoms with E-state index < -0.39 is 10.8 Å². The summed E-state index contributed by atoms with van der Waals surface area (Å²) in [5.74, 6) is -0.199. The lowest BCUT2D eigenvalue weighted by Gasteiger charge is -2.11. The topological polar surface area (TPSA) is 146 Å². The molecule has 0 saturated heterocycles. The maximum absolute atomic E-state index is 11.9. The standard InChI is InChI=1S/C19H20N4O6/c1-2-28-17-9-14(5-8-16(17)29-12-18(20)24)11-21-22-19(25)10-13-3-6-15(7-4-13)23(26)27/h3-9,11H,2,10,12H2,1H3,(H2,20,24)(H,22,25)/b21-11-. The SMILES string of the molecule is CCOc1cc(/C=N\NC(=O)Cc2ccc([N+](=O)[O-])cc2)ccc1OCC(N)=O. The van der Waals surface area contributed by atoms with E-state index in [-0.39, 0.29) is 24.6 Å². The zero-order chi connectivity index (χ0) is 21.2. The highest BCUT2D eigenvalue weighted by Gasteiger charge is 2.08. The molecule has 0 radical (unpaired) electrons. The van der Waals surface area contributed by atoms with Crippen molar-refractivity contribution in [2.45, 2.75) is 13.3 Å². The highest BCUT2D eigenvalue weighted by Crippen LogP contribution is 2.28. The van der Waals surface area contributed by atoms with Crippen molar-refractivity contribution in [3.05, 3.63) is 63.7 Å². The van der Waals surface area contributed by atoms with E-state index in [1.165, 1.54) is 30.5 Å². The van der Waals surface area contributed by atoms with Crippen LogP contribution in [0.2, 0.25) is 0 Å². The number of carbonyl (C=O) groups is 2. The van der Waals surface area contributed by atoms with E-state index in [4.69, 9.17) is 15.2 Å². The van der Waals surface area contributed by atoms with Crippen molar-refractivity contribution in [3.63, 3.8) is 0 Å². The van der Waals surface area contributed by atoms with Crippen molar-refractivity contribution in [3.8, 4) is 11.5 Å². The van der Waals surface area contributed by atoms with Crippen LogP contribution in [-0.4, -0.2) is 36.2 Å². The van der Waals surface area contributed by atoms with Gasteiger partial charge in [-0.3, -0.25) is 19.7 Å². The summed E-state index contributed by atoms with van der Waals surface area (Å²) in [6.07, 6.45) is 1.45. The third-order valence-corrected chi connectivity index (χ3v) is 3.55. The van der Waals surface area contributed by atoms with Crippen molar-refractivity contribution in [1.29, 1.82) is 0 Å². The summed E-state index contributed by atoms with van der Waals surface area (Å²) >= 11 is 0. The first-order valence-electron chi connectivity index (χ1n) is 8.62. The summed E-state index contributed by atoms with van der Waals surface area (Å²) < 4.78 is 10.8. The molecule has 0 saturated carbocycles. The summed E-state index contributed by atoms with van der Waals surface area (Å²) in [5.41, 5.74) is 8.67. The van der Waals surface area contributed by atoms with Gasteiger partial charge in [-0.25, -0.2) is 5.43 Å². The Balaban J connectivity index is 1.95. The van der Waals surface area contributed by atoms with E-state index in [1.54, 1.807) is 25.1 Å². The van der Waals surface area contributed by atoms with Crippen molar-refractivity contribution in [2.75, 3.05) is 13.2 Å². The Morgan fingerprint density at radius 3 is 2.52 bits per heavy atom. The molecule has 0 unspecified atom stereocenters. The van der Waals surface area contributed by atoms with Gasteiger partial charge in [0, 0.05) is 12.1 Å². The van der Waals surface area contributed by atoms with Gasteiger partial charge in [-0.15, -0.1) is 0 Å². The molecule has 2 rings (SSSR count). The molecule has 0 heterocycles. The van der Waals surface area contributed by atoms with Crippen LogP contribution in [0.25, 0.3) is 0 Å². The van der Waals surface area contributed by atoms with E-state index in [9.17, 15) is 19.7 Å². The van der Waals surface area contributed by atoms with Crippen molar-refractivity contribution >= 4 is 23.7 Å². The van der Waals surface area contributed by atoms with Crippen LogP contribution in [0.1, 0.15) is 18.1 Å². The van der Waals surface area contributed by atoms with Gasteiger partial charge in [0.15, 0.2) is 18.1 Å². The number of nitrogens with one attached hydrogen (secondary N) is 1. The van der Waals surface area contributed by atoms with Gasteiger partial charge in [0.05, 0.1) is 24.2 Å². The average molecular weight is 400 g/mol. The van der Waals surface area contributed by atoms with Gasteiger partial charge in [0.25, 0.3) is 11.6 Å². The van der Waals surface area contributed by atoms with Crippen LogP contribution in [0, 0.1) is 10.1 Å². The Bertz CT molecular complexity index is 911. The first kappa shape index (κ1) is 21.4. The molecule has 0 spiro atoms. The van der Waals surface area contributed by atoms with E-state index in [0.717, 1.165) is 0 Å². The molecule has 0 fully saturated rings. The molecule has 2 aromatic rings.